The van der Waals surface area contributed by atoms with Gasteiger partial charge < -0.3 is 4.57 Å². The number of hydrogen-bond acceptors (Lipinski definition) is 1. The molecule has 1 atom stereocenters. The first-order valence-electron chi connectivity index (χ1n) is 14.9. The second-order valence-corrected chi connectivity index (χ2v) is 13.9. The molecular weight excluding hydrogens is 527 g/mol. The van der Waals surface area contributed by atoms with Gasteiger partial charge in [-0.2, -0.15) is 0 Å². The van der Waals surface area contributed by atoms with Crippen molar-refractivity contribution in [3.63, 3.8) is 0 Å². The lowest BCUT2D eigenvalue weighted by Gasteiger charge is -2.35. The van der Waals surface area contributed by atoms with Crippen LogP contribution in [-0.4, -0.2) is 4.57 Å². The fourth-order valence-electron chi connectivity index (χ4n) is 7.78. The molecule has 5 aromatic carbocycles. The Bertz CT molecular complexity index is 2270. The zero-order valence-corrected chi connectivity index (χ0v) is 24.9. The average Bonchev–Trinajstić information content (AvgIpc) is 3.62. The lowest BCUT2D eigenvalue weighted by molar-refractivity contribution is 0.514. The summed E-state index contributed by atoms with van der Waals surface area (Å²) < 4.78 is 5.12. The van der Waals surface area contributed by atoms with Crippen molar-refractivity contribution in [1.82, 2.24) is 4.57 Å². The summed E-state index contributed by atoms with van der Waals surface area (Å²) in [5.74, 6) is 0. The highest BCUT2D eigenvalue weighted by atomic mass is 32.1. The van der Waals surface area contributed by atoms with E-state index in [1.54, 1.807) is 5.57 Å². The van der Waals surface area contributed by atoms with E-state index in [2.05, 4.69) is 147 Å². The number of rotatable bonds is 2. The van der Waals surface area contributed by atoms with E-state index in [0.717, 1.165) is 6.42 Å². The molecule has 2 aliphatic carbocycles. The van der Waals surface area contributed by atoms with Crippen LogP contribution < -0.4 is 0 Å². The Balaban J connectivity index is 1.19. The van der Waals surface area contributed by atoms with Crippen LogP contribution >= 0.6 is 11.3 Å². The number of benzene rings is 5. The Morgan fingerprint density at radius 3 is 2.05 bits per heavy atom. The summed E-state index contributed by atoms with van der Waals surface area (Å²) >= 11 is 1.90. The maximum absolute atomic E-state index is 2.48. The van der Waals surface area contributed by atoms with Crippen LogP contribution in [0.15, 0.2) is 127 Å². The summed E-state index contributed by atoms with van der Waals surface area (Å²) in [5.41, 5.74) is 11.0. The Morgan fingerprint density at radius 2 is 1.29 bits per heavy atom. The van der Waals surface area contributed by atoms with Crippen LogP contribution in [0.25, 0.3) is 53.2 Å². The Hall–Kier alpha value is -4.40. The number of para-hydroxylation sites is 2. The first-order valence-corrected chi connectivity index (χ1v) is 15.7. The zero-order chi connectivity index (χ0) is 28.2. The minimum atomic E-state index is -0.0506. The van der Waals surface area contributed by atoms with Crippen molar-refractivity contribution in [3.8, 4) is 5.69 Å². The van der Waals surface area contributed by atoms with E-state index in [0.29, 0.717) is 0 Å². The zero-order valence-electron chi connectivity index (χ0n) is 24.1. The quantitative estimate of drug-likeness (QED) is 0.199. The van der Waals surface area contributed by atoms with Gasteiger partial charge in [-0.15, -0.1) is 11.3 Å². The first kappa shape index (κ1) is 24.2. The molecule has 7 aromatic rings. The molecule has 0 saturated heterocycles. The number of nitrogens with zero attached hydrogens (tertiary/aromatic N) is 1. The molecular formula is C40H31NS. The SMILES string of the molecule is CC1(c2ccc3sc4ccc(-n5c6ccccc6c6ccccc65)cc4c3c2)C=CC2=C(C1)C(C)(C)c1ccccc12. The fraction of sp³-hybridized carbons (Fsp3) is 0.150. The smallest absolute Gasteiger partial charge is 0.0541 e. The van der Waals surface area contributed by atoms with Crippen molar-refractivity contribution in [2.45, 2.75) is 38.0 Å². The molecule has 2 aliphatic rings. The minimum Gasteiger partial charge on any atom is -0.309 e. The van der Waals surface area contributed by atoms with E-state index in [-0.39, 0.29) is 10.8 Å². The molecule has 202 valence electrons. The van der Waals surface area contributed by atoms with E-state index >= 15 is 0 Å². The monoisotopic (exact) mass is 557 g/mol. The molecule has 0 bridgehead atoms. The first-order chi connectivity index (χ1) is 20.4. The summed E-state index contributed by atoms with van der Waals surface area (Å²) in [5, 5.41) is 5.30. The van der Waals surface area contributed by atoms with E-state index in [1.807, 2.05) is 11.3 Å². The molecule has 1 unspecified atom stereocenters. The molecule has 0 fully saturated rings. The third kappa shape index (κ3) is 3.19. The van der Waals surface area contributed by atoms with E-state index < -0.39 is 0 Å². The van der Waals surface area contributed by atoms with Crippen molar-refractivity contribution in [2.75, 3.05) is 0 Å². The number of thiophene rings is 1. The second-order valence-electron chi connectivity index (χ2n) is 12.9. The largest absolute Gasteiger partial charge is 0.309 e. The van der Waals surface area contributed by atoms with Crippen LogP contribution in [0.1, 0.15) is 43.9 Å². The van der Waals surface area contributed by atoms with Gasteiger partial charge in [-0.1, -0.05) is 105 Å². The van der Waals surface area contributed by atoms with Crippen LogP contribution in [0.5, 0.6) is 0 Å². The van der Waals surface area contributed by atoms with Gasteiger partial charge in [0.2, 0.25) is 0 Å². The number of allylic oxidation sites excluding steroid dienone is 4. The van der Waals surface area contributed by atoms with Crippen LogP contribution in [0.3, 0.4) is 0 Å². The van der Waals surface area contributed by atoms with E-state index in [4.69, 9.17) is 0 Å². The predicted molar refractivity (Wildman–Crippen MR) is 181 cm³/mol. The van der Waals surface area contributed by atoms with E-state index in [1.165, 1.54) is 69.9 Å². The maximum Gasteiger partial charge on any atom is 0.0541 e. The molecule has 0 N–H and O–H groups in total. The van der Waals surface area contributed by atoms with Gasteiger partial charge >= 0.3 is 0 Å². The van der Waals surface area contributed by atoms with Crippen molar-refractivity contribution in [2.24, 2.45) is 0 Å². The van der Waals surface area contributed by atoms with Gasteiger partial charge in [0.1, 0.15) is 0 Å². The number of aromatic nitrogens is 1. The molecule has 2 heteroatoms. The topological polar surface area (TPSA) is 4.93 Å². The normalized spacial score (nSPS) is 19.3. The molecule has 0 amide bonds. The predicted octanol–water partition coefficient (Wildman–Crippen LogP) is 11.1. The van der Waals surface area contributed by atoms with Gasteiger partial charge in [-0.05, 0) is 71.1 Å². The van der Waals surface area contributed by atoms with Gasteiger partial charge in [0.25, 0.3) is 0 Å². The van der Waals surface area contributed by atoms with Gasteiger partial charge in [0, 0.05) is 47.5 Å². The molecule has 0 spiro atoms. The Kier molecular flexibility index (Phi) is 4.81. The minimum absolute atomic E-state index is 0.0499. The highest BCUT2D eigenvalue weighted by Gasteiger charge is 2.42. The summed E-state index contributed by atoms with van der Waals surface area (Å²) in [6.45, 7) is 7.23. The molecule has 0 aliphatic heterocycles. The highest BCUT2D eigenvalue weighted by molar-refractivity contribution is 7.25. The van der Waals surface area contributed by atoms with Crippen molar-refractivity contribution >= 4 is 58.9 Å². The standard InChI is InChI=1S/C40H31NS/c1-39(2)33-13-7-4-10-27(33)28-20-21-40(3,24-34(28)39)25-16-18-37-31(22-25)32-23-26(17-19-38(32)42-37)41-35-14-8-5-11-29(35)30-12-6-9-15-36(30)41/h4-23H,24H2,1-3H3. The van der Waals surface area contributed by atoms with Gasteiger partial charge in [0.05, 0.1) is 11.0 Å². The molecule has 0 saturated carbocycles. The summed E-state index contributed by atoms with van der Waals surface area (Å²) in [7, 11) is 0. The molecule has 2 heterocycles. The molecule has 1 nitrogen and oxygen atoms in total. The van der Waals surface area contributed by atoms with Crippen molar-refractivity contribution < 1.29 is 0 Å². The third-order valence-electron chi connectivity index (χ3n) is 10.1. The van der Waals surface area contributed by atoms with Gasteiger partial charge in [-0.3, -0.25) is 0 Å². The van der Waals surface area contributed by atoms with Gasteiger partial charge in [-0.25, -0.2) is 0 Å². The van der Waals surface area contributed by atoms with E-state index in [9.17, 15) is 0 Å². The summed E-state index contributed by atoms with van der Waals surface area (Å²) in [6, 6.07) is 40.7. The van der Waals surface area contributed by atoms with Crippen molar-refractivity contribution in [1.29, 1.82) is 0 Å². The maximum atomic E-state index is 2.48. The summed E-state index contributed by atoms with van der Waals surface area (Å²) in [6.07, 6.45) is 5.91. The molecule has 0 radical (unpaired) electrons. The summed E-state index contributed by atoms with van der Waals surface area (Å²) in [4.78, 5) is 0. The van der Waals surface area contributed by atoms with Crippen LogP contribution in [0.2, 0.25) is 0 Å². The number of hydrogen-bond donors (Lipinski definition) is 0. The van der Waals surface area contributed by atoms with Gasteiger partial charge in [0.15, 0.2) is 0 Å². The Labute approximate surface area is 250 Å². The lowest BCUT2D eigenvalue weighted by atomic mass is 9.68. The molecule has 2 aromatic heterocycles. The van der Waals surface area contributed by atoms with Crippen LogP contribution in [0, 0.1) is 0 Å². The second kappa shape index (κ2) is 8.33. The Morgan fingerprint density at radius 1 is 0.643 bits per heavy atom. The average molecular weight is 558 g/mol. The lowest BCUT2D eigenvalue weighted by Crippen LogP contribution is -2.27. The fourth-order valence-corrected chi connectivity index (χ4v) is 8.85. The van der Waals surface area contributed by atoms with Crippen LogP contribution in [0.4, 0.5) is 0 Å². The highest BCUT2D eigenvalue weighted by Crippen LogP contribution is 2.54. The number of fused-ring (bicyclic) bond motifs is 8. The third-order valence-corrected chi connectivity index (χ3v) is 11.2. The molecule has 9 rings (SSSR count). The van der Waals surface area contributed by atoms with Crippen LogP contribution in [-0.2, 0) is 10.8 Å². The van der Waals surface area contributed by atoms with Crippen molar-refractivity contribution in [3.05, 3.63) is 144 Å². The molecule has 42 heavy (non-hydrogen) atoms.